The number of rotatable bonds is 7. The van der Waals surface area contributed by atoms with Crippen LogP contribution in [-0.4, -0.2) is 16.6 Å². The largest absolute Gasteiger partial charge is 1.00 e. The average molecular weight is 514 g/mol. The molecule has 0 spiro atoms. The van der Waals surface area contributed by atoms with Gasteiger partial charge in [0.2, 0.25) is 0 Å². The van der Waals surface area contributed by atoms with Gasteiger partial charge in [0.15, 0.2) is 0 Å². The van der Waals surface area contributed by atoms with Crippen molar-refractivity contribution >= 4 is 29.3 Å². The summed E-state index contributed by atoms with van der Waals surface area (Å²) in [5, 5.41) is 29.0. The summed E-state index contributed by atoms with van der Waals surface area (Å²) in [4.78, 5) is 36.2. The van der Waals surface area contributed by atoms with Gasteiger partial charge in [-0.3, -0.25) is 4.79 Å². The van der Waals surface area contributed by atoms with Crippen molar-refractivity contribution in [3.8, 4) is 5.75 Å². The number of nitrogens with one attached hydrogen (secondary N) is 2. The number of aliphatic carboxylic acids is 1. The SMILES string of the molecule is Cc1cn(C)c(=O)c(NC(=O)NC(CC(=O)[O-])c2cccc(Cc3ccccc3Cl)c2)c1[O-].[Na+].[Na+]. The van der Waals surface area contributed by atoms with Crippen LogP contribution in [0.3, 0.4) is 0 Å². The van der Waals surface area contributed by atoms with Gasteiger partial charge in [0.05, 0.1) is 6.04 Å². The maximum Gasteiger partial charge on any atom is 1.00 e. The van der Waals surface area contributed by atoms with Gasteiger partial charge >= 0.3 is 65.1 Å². The Bertz CT molecular complexity index is 1270. The first-order valence-corrected chi connectivity index (χ1v) is 10.5. The molecule has 1 aromatic heterocycles. The van der Waals surface area contributed by atoms with Crippen LogP contribution in [0.2, 0.25) is 5.02 Å². The Kier molecular flexibility index (Phi) is 12.6. The predicted molar refractivity (Wildman–Crippen MR) is 121 cm³/mol. The van der Waals surface area contributed by atoms with Gasteiger partial charge in [0, 0.05) is 30.7 Å². The molecule has 0 radical (unpaired) electrons. The van der Waals surface area contributed by atoms with Gasteiger partial charge in [-0.15, -0.1) is 0 Å². The summed E-state index contributed by atoms with van der Waals surface area (Å²) in [5.74, 6) is -1.97. The third kappa shape index (κ3) is 8.39. The normalized spacial score (nSPS) is 10.9. The molecule has 0 fully saturated rings. The Morgan fingerprint density at radius 3 is 2.46 bits per heavy atom. The minimum Gasteiger partial charge on any atom is -0.871 e. The number of pyridine rings is 1. The number of benzene rings is 2. The molecular formula is C24H22ClN3Na2O5. The molecule has 35 heavy (non-hydrogen) atoms. The van der Waals surface area contributed by atoms with Crippen molar-refractivity contribution in [3.05, 3.63) is 92.4 Å². The zero-order valence-electron chi connectivity index (χ0n) is 20.1. The predicted octanol–water partition coefficient (Wildman–Crippen LogP) is -3.98. The molecule has 0 bridgehead atoms. The van der Waals surface area contributed by atoms with Crippen LogP contribution >= 0.6 is 11.6 Å². The third-order valence-electron chi connectivity index (χ3n) is 5.13. The first-order valence-electron chi connectivity index (χ1n) is 10.1. The van der Waals surface area contributed by atoms with Crippen molar-refractivity contribution in [2.45, 2.75) is 25.8 Å². The molecule has 3 aromatic rings. The van der Waals surface area contributed by atoms with Crippen molar-refractivity contribution in [2.75, 3.05) is 5.32 Å². The number of hydrogen-bond donors (Lipinski definition) is 2. The van der Waals surface area contributed by atoms with E-state index in [0.717, 1.165) is 11.1 Å². The Morgan fingerprint density at radius 1 is 1.11 bits per heavy atom. The standard InChI is InChI=1S/C24H24ClN3O5.2Na/c1-14-13-28(2)23(32)21(22(14)31)27-24(33)26-19(12-20(29)30)17-8-5-6-15(11-17)10-16-7-3-4-9-18(16)25;;/h3-9,11,13,19,31H,10,12H2,1-2H3,(H,29,30)(H2,26,27,33);;/q;2*+1/p-2. The summed E-state index contributed by atoms with van der Waals surface area (Å²) < 4.78 is 1.18. The quantitative estimate of drug-likeness (QED) is 0.312. The van der Waals surface area contributed by atoms with E-state index >= 15 is 0 Å². The number of anilines is 1. The van der Waals surface area contributed by atoms with E-state index in [2.05, 4.69) is 10.6 Å². The number of nitrogens with zero attached hydrogens (tertiary/aromatic N) is 1. The molecule has 2 aromatic carbocycles. The number of aromatic nitrogens is 1. The molecule has 8 nitrogen and oxygen atoms in total. The monoisotopic (exact) mass is 513 g/mol. The molecule has 2 N–H and O–H groups in total. The van der Waals surface area contributed by atoms with Crippen LogP contribution in [0, 0.1) is 6.92 Å². The van der Waals surface area contributed by atoms with Crippen molar-refractivity contribution in [1.29, 1.82) is 0 Å². The van der Waals surface area contributed by atoms with Gasteiger partial charge in [0.1, 0.15) is 5.69 Å². The number of aryl methyl sites for hydroxylation is 2. The maximum absolute atomic E-state index is 12.6. The molecule has 2 amide bonds. The van der Waals surface area contributed by atoms with E-state index in [-0.39, 0.29) is 64.7 Å². The molecule has 0 saturated heterocycles. The molecule has 1 atom stereocenters. The second-order valence-corrected chi connectivity index (χ2v) is 8.08. The van der Waals surface area contributed by atoms with Crippen LogP contribution in [0.1, 0.15) is 34.7 Å². The van der Waals surface area contributed by atoms with E-state index in [1.807, 2.05) is 24.3 Å². The molecule has 11 heteroatoms. The summed E-state index contributed by atoms with van der Waals surface area (Å²) in [6, 6.07) is 12.6. The average Bonchev–Trinajstić information content (AvgIpc) is 2.76. The van der Waals surface area contributed by atoms with Crippen LogP contribution in [0.5, 0.6) is 5.75 Å². The van der Waals surface area contributed by atoms with E-state index in [1.165, 1.54) is 24.7 Å². The first-order chi connectivity index (χ1) is 15.7. The molecular weight excluding hydrogens is 492 g/mol. The van der Waals surface area contributed by atoms with Gasteiger partial charge in [0.25, 0.3) is 5.56 Å². The minimum atomic E-state index is -1.37. The molecule has 0 saturated carbocycles. The van der Waals surface area contributed by atoms with E-state index in [4.69, 9.17) is 11.6 Å². The van der Waals surface area contributed by atoms with Crippen molar-refractivity contribution in [2.24, 2.45) is 7.05 Å². The van der Waals surface area contributed by atoms with Crippen molar-refractivity contribution in [1.82, 2.24) is 9.88 Å². The van der Waals surface area contributed by atoms with Crippen LogP contribution in [0.15, 0.2) is 59.5 Å². The Hall–Kier alpha value is -1.78. The third-order valence-corrected chi connectivity index (χ3v) is 5.50. The van der Waals surface area contributed by atoms with Crippen LogP contribution in [0.4, 0.5) is 10.5 Å². The number of carbonyl (C=O) groups is 2. The fraction of sp³-hybridized carbons (Fsp3) is 0.208. The van der Waals surface area contributed by atoms with Gasteiger partial charge in [-0.05, 0) is 41.7 Å². The topological polar surface area (TPSA) is 126 Å². The van der Waals surface area contributed by atoms with Crippen molar-refractivity contribution in [3.63, 3.8) is 0 Å². The fourth-order valence-electron chi connectivity index (χ4n) is 3.50. The van der Waals surface area contributed by atoms with E-state index in [9.17, 15) is 24.6 Å². The fourth-order valence-corrected chi connectivity index (χ4v) is 3.70. The van der Waals surface area contributed by atoms with Crippen LogP contribution in [0.25, 0.3) is 0 Å². The number of carboxylic acids is 1. The van der Waals surface area contributed by atoms with E-state index in [0.29, 0.717) is 17.0 Å². The maximum atomic E-state index is 12.6. The number of carbonyl (C=O) groups excluding carboxylic acids is 2. The number of halogens is 1. The summed E-state index contributed by atoms with van der Waals surface area (Å²) in [6.07, 6.45) is 1.38. The first kappa shape index (κ1) is 31.3. The second kappa shape index (κ2) is 14.1. The van der Waals surface area contributed by atoms with Gasteiger partial charge in [-0.1, -0.05) is 59.8 Å². The number of amides is 2. The molecule has 0 aliphatic carbocycles. The Morgan fingerprint density at radius 2 is 1.80 bits per heavy atom. The molecule has 0 aliphatic rings. The Labute approximate surface area is 252 Å². The second-order valence-electron chi connectivity index (χ2n) is 7.67. The number of carboxylic acid groups (broad SMARTS) is 1. The van der Waals surface area contributed by atoms with E-state index in [1.54, 1.807) is 24.3 Å². The zero-order valence-corrected chi connectivity index (χ0v) is 24.8. The van der Waals surface area contributed by atoms with Gasteiger partial charge in [-0.2, -0.15) is 0 Å². The molecule has 0 aliphatic heterocycles. The van der Waals surface area contributed by atoms with Gasteiger partial charge < -0.3 is 30.2 Å². The number of urea groups is 1. The van der Waals surface area contributed by atoms with E-state index < -0.39 is 41.5 Å². The van der Waals surface area contributed by atoms with Crippen LogP contribution < -0.4 is 85.5 Å². The minimum absolute atomic E-state index is 0. The Balaban J connectivity index is 0.00000306. The molecule has 1 unspecified atom stereocenters. The molecule has 1 heterocycles. The summed E-state index contributed by atoms with van der Waals surface area (Å²) >= 11 is 6.23. The zero-order chi connectivity index (χ0) is 24.1. The molecule has 172 valence electrons. The number of hydrogen-bond acceptors (Lipinski definition) is 5. The summed E-state index contributed by atoms with van der Waals surface area (Å²) in [6.45, 7) is 1.52. The smallest absolute Gasteiger partial charge is 0.871 e. The molecule has 3 rings (SSSR count). The van der Waals surface area contributed by atoms with Crippen LogP contribution in [-0.2, 0) is 18.3 Å². The van der Waals surface area contributed by atoms with Crippen molar-refractivity contribution < 1.29 is 78.9 Å². The summed E-state index contributed by atoms with van der Waals surface area (Å²) in [7, 11) is 1.46. The van der Waals surface area contributed by atoms with Gasteiger partial charge in [-0.25, -0.2) is 4.79 Å². The summed E-state index contributed by atoms with van der Waals surface area (Å²) in [5.41, 5.74) is 1.50.